The zero-order valence-electron chi connectivity index (χ0n) is 7.25. The van der Waals surface area contributed by atoms with Crippen LogP contribution in [0, 0.1) is 0 Å². The molecule has 13 heavy (non-hydrogen) atoms. The second kappa shape index (κ2) is 3.85. The summed E-state index contributed by atoms with van der Waals surface area (Å²) >= 11 is 0. The molecular formula is C8H11NO3S. The van der Waals surface area contributed by atoms with Crippen LogP contribution in [0.2, 0.25) is 0 Å². The van der Waals surface area contributed by atoms with Crippen molar-refractivity contribution < 1.29 is 17.5 Å². The van der Waals surface area contributed by atoms with Crippen LogP contribution in [0.1, 0.15) is 13.0 Å². The monoisotopic (exact) mass is 201 g/mol. The van der Waals surface area contributed by atoms with E-state index in [-0.39, 0.29) is 11.8 Å². The second-order valence-electron chi connectivity index (χ2n) is 2.90. The Bertz CT molecular complexity index is 360. The maximum absolute atomic E-state index is 10.4. The fourth-order valence-corrected chi connectivity index (χ4v) is 1.85. The molecule has 1 aromatic rings. The van der Waals surface area contributed by atoms with E-state index in [9.17, 15) is 13.0 Å². The van der Waals surface area contributed by atoms with Crippen molar-refractivity contribution >= 4 is 10.1 Å². The summed E-state index contributed by atoms with van der Waals surface area (Å²) in [6, 6.07) is 5.08. The van der Waals surface area contributed by atoms with Gasteiger partial charge < -0.3 is 4.55 Å². The van der Waals surface area contributed by atoms with Crippen molar-refractivity contribution in [1.82, 2.24) is 0 Å². The van der Waals surface area contributed by atoms with Crippen LogP contribution in [0.25, 0.3) is 0 Å². The molecule has 0 aromatic carbocycles. The Kier molecular flexibility index (Phi) is 3.00. The summed E-state index contributed by atoms with van der Waals surface area (Å²) in [4.78, 5) is 0. The van der Waals surface area contributed by atoms with Gasteiger partial charge in [0.05, 0.1) is 0 Å². The first kappa shape index (κ1) is 10.1. The molecule has 0 amide bonds. The van der Waals surface area contributed by atoms with Crippen molar-refractivity contribution in [2.24, 2.45) is 0 Å². The summed E-state index contributed by atoms with van der Waals surface area (Å²) in [7, 11) is -4.14. The minimum atomic E-state index is -4.14. The molecule has 0 radical (unpaired) electrons. The molecule has 1 heterocycles. The van der Waals surface area contributed by atoms with Gasteiger partial charge in [0.1, 0.15) is 15.9 Å². The van der Waals surface area contributed by atoms with Crippen LogP contribution in [0.5, 0.6) is 0 Å². The third-order valence-corrected chi connectivity index (χ3v) is 2.58. The summed E-state index contributed by atoms with van der Waals surface area (Å²) < 4.78 is 33.0. The number of hydrogen-bond donors (Lipinski definition) is 0. The molecule has 72 valence electrons. The van der Waals surface area contributed by atoms with Gasteiger partial charge in [0, 0.05) is 12.1 Å². The lowest BCUT2D eigenvalue weighted by Crippen LogP contribution is -2.40. The van der Waals surface area contributed by atoms with Crippen molar-refractivity contribution in [1.29, 1.82) is 0 Å². The minimum absolute atomic E-state index is 0.316. The SMILES string of the molecule is CC(CS(=O)(=O)[O-])[n+]1ccccc1. The van der Waals surface area contributed by atoms with Gasteiger partial charge in [-0.2, -0.15) is 0 Å². The summed E-state index contributed by atoms with van der Waals surface area (Å²) in [5, 5.41) is 0. The predicted molar refractivity (Wildman–Crippen MR) is 45.9 cm³/mol. The average molecular weight is 201 g/mol. The summed E-state index contributed by atoms with van der Waals surface area (Å²) in [6.07, 6.45) is 3.46. The predicted octanol–water partition coefficient (Wildman–Crippen LogP) is 0.0803. The lowest BCUT2D eigenvalue weighted by atomic mass is 10.3. The van der Waals surface area contributed by atoms with Crippen LogP contribution < -0.4 is 4.57 Å². The summed E-state index contributed by atoms with van der Waals surface area (Å²) in [5.41, 5.74) is 0. The van der Waals surface area contributed by atoms with Gasteiger partial charge in [-0.05, 0) is 6.92 Å². The van der Waals surface area contributed by atoms with Crippen molar-refractivity contribution in [2.45, 2.75) is 13.0 Å². The van der Waals surface area contributed by atoms with Crippen LogP contribution in [0.3, 0.4) is 0 Å². The smallest absolute Gasteiger partial charge is 0.169 e. The Labute approximate surface area is 77.6 Å². The van der Waals surface area contributed by atoms with Crippen LogP contribution in [-0.4, -0.2) is 18.7 Å². The molecule has 0 N–H and O–H groups in total. The fraction of sp³-hybridized carbons (Fsp3) is 0.375. The molecule has 0 aliphatic rings. The van der Waals surface area contributed by atoms with Crippen LogP contribution in [0.4, 0.5) is 0 Å². The maximum Gasteiger partial charge on any atom is 0.169 e. The van der Waals surface area contributed by atoms with E-state index in [1.807, 2.05) is 6.07 Å². The number of nitrogens with zero attached hydrogens (tertiary/aromatic N) is 1. The standard InChI is InChI=1S/C8H11NO3S/c1-8(7-13(10,11)12)9-5-3-2-4-6-9/h2-6,8H,7H2,1H3. The van der Waals surface area contributed by atoms with Gasteiger partial charge in [0.15, 0.2) is 18.4 Å². The van der Waals surface area contributed by atoms with E-state index in [1.165, 1.54) is 0 Å². The topological polar surface area (TPSA) is 61.1 Å². The molecule has 4 nitrogen and oxygen atoms in total. The van der Waals surface area contributed by atoms with Gasteiger partial charge in [-0.3, -0.25) is 0 Å². The van der Waals surface area contributed by atoms with Gasteiger partial charge in [0.25, 0.3) is 0 Å². The lowest BCUT2D eigenvalue weighted by molar-refractivity contribution is -0.715. The Morgan fingerprint density at radius 1 is 1.31 bits per heavy atom. The Morgan fingerprint density at radius 2 is 1.85 bits per heavy atom. The van der Waals surface area contributed by atoms with E-state index in [0.717, 1.165) is 0 Å². The van der Waals surface area contributed by atoms with Crippen molar-refractivity contribution in [2.75, 3.05) is 5.75 Å². The first-order valence-corrected chi connectivity index (χ1v) is 5.46. The van der Waals surface area contributed by atoms with E-state index in [2.05, 4.69) is 0 Å². The van der Waals surface area contributed by atoms with Gasteiger partial charge in [-0.25, -0.2) is 13.0 Å². The highest BCUT2D eigenvalue weighted by molar-refractivity contribution is 7.85. The average Bonchev–Trinajstić information content (AvgIpc) is 2.03. The molecule has 1 aromatic heterocycles. The fourth-order valence-electron chi connectivity index (χ4n) is 1.09. The molecule has 0 aliphatic heterocycles. The van der Waals surface area contributed by atoms with E-state index in [0.29, 0.717) is 0 Å². The normalized spacial score (nSPS) is 14.0. The molecule has 1 atom stereocenters. The van der Waals surface area contributed by atoms with E-state index >= 15 is 0 Å². The lowest BCUT2D eigenvalue weighted by Gasteiger charge is -2.09. The Morgan fingerprint density at radius 3 is 2.31 bits per heavy atom. The molecule has 0 bridgehead atoms. The number of rotatable bonds is 3. The van der Waals surface area contributed by atoms with Crippen molar-refractivity contribution in [3.8, 4) is 0 Å². The third-order valence-electron chi connectivity index (χ3n) is 1.69. The molecule has 0 aliphatic carbocycles. The highest BCUT2D eigenvalue weighted by Gasteiger charge is 2.14. The summed E-state index contributed by atoms with van der Waals surface area (Å²) in [6.45, 7) is 1.69. The molecule has 0 spiro atoms. The molecule has 1 unspecified atom stereocenters. The van der Waals surface area contributed by atoms with E-state index < -0.39 is 10.1 Å². The molecule has 0 saturated heterocycles. The highest BCUT2D eigenvalue weighted by Crippen LogP contribution is 1.97. The molecule has 0 saturated carbocycles. The molecule has 0 fully saturated rings. The third kappa shape index (κ3) is 3.52. The number of hydrogen-bond acceptors (Lipinski definition) is 3. The largest absolute Gasteiger partial charge is 0.748 e. The maximum atomic E-state index is 10.4. The van der Waals surface area contributed by atoms with Crippen molar-refractivity contribution in [3.63, 3.8) is 0 Å². The van der Waals surface area contributed by atoms with E-state index in [4.69, 9.17) is 0 Å². The minimum Gasteiger partial charge on any atom is -0.748 e. The van der Waals surface area contributed by atoms with Crippen LogP contribution >= 0.6 is 0 Å². The van der Waals surface area contributed by atoms with E-state index in [1.54, 1.807) is 36.0 Å². The van der Waals surface area contributed by atoms with Crippen molar-refractivity contribution in [3.05, 3.63) is 30.6 Å². The first-order chi connectivity index (χ1) is 5.99. The number of aromatic nitrogens is 1. The van der Waals surface area contributed by atoms with Crippen LogP contribution in [0.15, 0.2) is 30.6 Å². The first-order valence-electron chi connectivity index (χ1n) is 3.88. The Balaban J connectivity index is 2.76. The zero-order valence-corrected chi connectivity index (χ0v) is 8.07. The summed E-state index contributed by atoms with van der Waals surface area (Å²) in [5.74, 6) is -0.373. The van der Waals surface area contributed by atoms with Crippen LogP contribution in [-0.2, 0) is 10.1 Å². The Hall–Kier alpha value is -0.940. The molecular weight excluding hydrogens is 190 g/mol. The number of pyridine rings is 1. The quantitative estimate of drug-likeness (QED) is 0.514. The van der Waals surface area contributed by atoms with Gasteiger partial charge in [0.2, 0.25) is 0 Å². The zero-order chi connectivity index (χ0) is 9.90. The molecule has 1 rings (SSSR count). The van der Waals surface area contributed by atoms with Gasteiger partial charge in [-0.1, -0.05) is 6.07 Å². The van der Waals surface area contributed by atoms with Gasteiger partial charge in [-0.15, -0.1) is 0 Å². The van der Waals surface area contributed by atoms with Gasteiger partial charge >= 0.3 is 0 Å². The highest BCUT2D eigenvalue weighted by atomic mass is 32.2. The molecule has 5 heteroatoms. The second-order valence-corrected chi connectivity index (χ2v) is 4.34.